The van der Waals surface area contributed by atoms with Gasteiger partial charge in [0.1, 0.15) is 13.1 Å². The normalized spacial score (nSPS) is 14.2. The first kappa shape index (κ1) is 18.7. The van der Waals surface area contributed by atoms with Crippen LogP contribution in [0.15, 0.2) is 42.5 Å². The number of carboxylic acids is 1. The molecule has 0 atom stereocenters. The summed E-state index contributed by atoms with van der Waals surface area (Å²) in [5.74, 6) is -1.05. The molecule has 140 valence electrons. The zero-order chi connectivity index (χ0) is 19.6. The van der Waals surface area contributed by atoms with Crippen LogP contribution in [-0.2, 0) is 15.0 Å². The first-order valence-electron chi connectivity index (χ1n) is 8.83. The number of rotatable bonds is 4. The predicted octanol–water partition coefficient (Wildman–Crippen LogP) is 3.96. The highest BCUT2D eigenvalue weighted by Crippen LogP contribution is 2.36. The zero-order valence-corrected chi connectivity index (χ0v) is 15.7. The van der Waals surface area contributed by atoms with Gasteiger partial charge in [-0.1, -0.05) is 69.3 Å². The second-order valence-electron chi connectivity index (χ2n) is 7.62. The number of nitrogens with zero attached hydrogens (tertiary/aromatic N) is 1. The molecule has 2 aromatic carbocycles. The van der Waals surface area contributed by atoms with Gasteiger partial charge in [0.15, 0.2) is 5.75 Å². The third kappa shape index (κ3) is 4.37. The largest absolute Gasteiger partial charge is 0.480 e. The van der Waals surface area contributed by atoms with Crippen molar-refractivity contribution in [3.05, 3.63) is 59.2 Å². The standard InChI is InChI=1S/C22H23NO4/c1-22(2,3)17-11-8-15(9-12-17)7-10-16-5-4-6-18-21(16)27-20(26)14-23(18)13-19(24)25/h4-12H,13-14H2,1-3H3,(H,24,25)/b10-7+. The minimum atomic E-state index is -0.990. The third-order valence-corrected chi connectivity index (χ3v) is 4.46. The maximum absolute atomic E-state index is 11.9. The van der Waals surface area contributed by atoms with Crippen LogP contribution in [0.1, 0.15) is 37.5 Å². The van der Waals surface area contributed by atoms with Gasteiger partial charge in [0.25, 0.3) is 0 Å². The van der Waals surface area contributed by atoms with E-state index in [1.165, 1.54) is 10.5 Å². The fourth-order valence-electron chi connectivity index (χ4n) is 3.01. The SMILES string of the molecule is CC(C)(C)c1ccc(/C=C/c2cccc3c2OC(=O)CN3CC(=O)O)cc1. The van der Waals surface area contributed by atoms with Crippen molar-refractivity contribution in [3.8, 4) is 5.75 Å². The van der Waals surface area contributed by atoms with Gasteiger partial charge in [0.2, 0.25) is 0 Å². The molecule has 0 radical (unpaired) electrons. The molecule has 0 aliphatic carbocycles. The number of fused-ring (bicyclic) bond motifs is 1. The molecule has 1 aliphatic heterocycles. The molecule has 0 spiro atoms. The van der Waals surface area contributed by atoms with Crippen molar-refractivity contribution in [2.45, 2.75) is 26.2 Å². The first-order valence-corrected chi connectivity index (χ1v) is 8.83. The number of carboxylic acid groups (broad SMARTS) is 1. The zero-order valence-electron chi connectivity index (χ0n) is 15.7. The van der Waals surface area contributed by atoms with Crippen LogP contribution in [0.5, 0.6) is 5.75 Å². The summed E-state index contributed by atoms with van der Waals surface area (Å²) >= 11 is 0. The number of carbonyl (C=O) groups is 2. The van der Waals surface area contributed by atoms with Gasteiger partial charge in [0.05, 0.1) is 5.69 Å². The van der Waals surface area contributed by atoms with E-state index in [-0.39, 0.29) is 18.5 Å². The van der Waals surface area contributed by atoms with E-state index in [0.717, 1.165) is 11.1 Å². The molecule has 1 heterocycles. The smallest absolute Gasteiger partial charge is 0.331 e. The Morgan fingerprint density at radius 3 is 2.48 bits per heavy atom. The minimum absolute atomic E-state index is 0.0687. The van der Waals surface area contributed by atoms with E-state index in [2.05, 4.69) is 45.0 Å². The molecule has 0 saturated carbocycles. The average molecular weight is 365 g/mol. The summed E-state index contributed by atoms with van der Waals surface area (Å²) in [6.45, 7) is 6.20. The molecule has 3 rings (SSSR count). The Morgan fingerprint density at radius 2 is 1.85 bits per heavy atom. The second kappa shape index (κ2) is 7.27. The van der Waals surface area contributed by atoms with Crippen molar-refractivity contribution in [2.24, 2.45) is 0 Å². The quantitative estimate of drug-likeness (QED) is 0.505. The van der Waals surface area contributed by atoms with Crippen molar-refractivity contribution in [2.75, 3.05) is 18.0 Å². The number of ether oxygens (including phenoxy) is 1. The molecule has 5 heteroatoms. The van der Waals surface area contributed by atoms with E-state index in [0.29, 0.717) is 11.4 Å². The number of para-hydroxylation sites is 1. The molecule has 1 N–H and O–H groups in total. The van der Waals surface area contributed by atoms with Gasteiger partial charge >= 0.3 is 11.9 Å². The van der Waals surface area contributed by atoms with Crippen LogP contribution >= 0.6 is 0 Å². The molecular weight excluding hydrogens is 342 g/mol. The van der Waals surface area contributed by atoms with Crippen molar-refractivity contribution >= 4 is 29.8 Å². The van der Waals surface area contributed by atoms with Crippen molar-refractivity contribution in [3.63, 3.8) is 0 Å². The van der Waals surface area contributed by atoms with Crippen molar-refractivity contribution in [1.82, 2.24) is 0 Å². The van der Waals surface area contributed by atoms with Crippen LogP contribution in [0.2, 0.25) is 0 Å². The summed E-state index contributed by atoms with van der Waals surface area (Å²) in [7, 11) is 0. The van der Waals surface area contributed by atoms with Gasteiger partial charge in [-0.05, 0) is 22.6 Å². The van der Waals surface area contributed by atoms with Gasteiger partial charge in [-0.3, -0.25) is 4.79 Å². The lowest BCUT2D eigenvalue weighted by Gasteiger charge is -2.29. The Bertz CT molecular complexity index is 892. The monoisotopic (exact) mass is 365 g/mol. The number of hydrogen-bond donors (Lipinski definition) is 1. The van der Waals surface area contributed by atoms with E-state index in [9.17, 15) is 9.59 Å². The van der Waals surface area contributed by atoms with Crippen LogP contribution in [0.3, 0.4) is 0 Å². The first-order chi connectivity index (χ1) is 12.7. The summed E-state index contributed by atoms with van der Waals surface area (Å²) in [5.41, 5.74) is 3.74. The lowest BCUT2D eigenvalue weighted by atomic mass is 9.87. The Morgan fingerprint density at radius 1 is 1.15 bits per heavy atom. The maximum atomic E-state index is 11.9. The molecule has 0 amide bonds. The molecular formula is C22H23NO4. The fourth-order valence-corrected chi connectivity index (χ4v) is 3.01. The summed E-state index contributed by atoms with van der Waals surface area (Å²) < 4.78 is 5.40. The van der Waals surface area contributed by atoms with E-state index in [4.69, 9.17) is 9.84 Å². The van der Waals surface area contributed by atoms with Crippen molar-refractivity contribution in [1.29, 1.82) is 0 Å². The van der Waals surface area contributed by atoms with E-state index in [1.54, 1.807) is 6.07 Å². The summed E-state index contributed by atoms with van der Waals surface area (Å²) in [6.07, 6.45) is 3.83. The van der Waals surface area contributed by atoms with Crippen LogP contribution in [-0.4, -0.2) is 30.1 Å². The van der Waals surface area contributed by atoms with Crippen LogP contribution in [0, 0.1) is 0 Å². The third-order valence-electron chi connectivity index (χ3n) is 4.46. The van der Waals surface area contributed by atoms with E-state index in [1.807, 2.05) is 24.3 Å². The Labute approximate surface area is 158 Å². The highest BCUT2D eigenvalue weighted by molar-refractivity contribution is 5.90. The topological polar surface area (TPSA) is 66.8 Å². The van der Waals surface area contributed by atoms with E-state index < -0.39 is 11.9 Å². The molecule has 2 aromatic rings. The number of benzene rings is 2. The number of esters is 1. The molecule has 0 fully saturated rings. The predicted molar refractivity (Wildman–Crippen MR) is 106 cm³/mol. The molecule has 0 unspecified atom stereocenters. The van der Waals surface area contributed by atoms with Gasteiger partial charge < -0.3 is 14.7 Å². The fraction of sp³-hybridized carbons (Fsp3) is 0.273. The van der Waals surface area contributed by atoms with Crippen molar-refractivity contribution < 1.29 is 19.4 Å². The lowest BCUT2D eigenvalue weighted by Crippen LogP contribution is -2.40. The molecule has 0 saturated heterocycles. The summed E-state index contributed by atoms with van der Waals surface area (Å²) in [5, 5.41) is 9.07. The van der Waals surface area contributed by atoms with Crippen LogP contribution < -0.4 is 9.64 Å². The number of anilines is 1. The lowest BCUT2D eigenvalue weighted by molar-refractivity contribution is -0.136. The van der Waals surface area contributed by atoms with Gasteiger partial charge in [-0.2, -0.15) is 0 Å². The number of hydrogen-bond acceptors (Lipinski definition) is 4. The van der Waals surface area contributed by atoms with Gasteiger partial charge in [0, 0.05) is 5.56 Å². The average Bonchev–Trinajstić information content (AvgIpc) is 2.59. The molecule has 0 bridgehead atoms. The molecule has 1 aliphatic rings. The molecule has 5 nitrogen and oxygen atoms in total. The summed E-state index contributed by atoms with van der Waals surface area (Å²) in [4.78, 5) is 24.5. The van der Waals surface area contributed by atoms with Gasteiger partial charge in [-0.25, -0.2) is 4.79 Å². The second-order valence-corrected chi connectivity index (χ2v) is 7.62. The van der Waals surface area contributed by atoms with Crippen LogP contribution in [0.25, 0.3) is 12.2 Å². The maximum Gasteiger partial charge on any atom is 0.331 e. The number of carbonyl (C=O) groups excluding carboxylic acids is 1. The Hall–Kier alpha value is -3.08. The molecule has 0 aromatic heterocycles. The minimum Gasteiger partial charge on any atom is -0.480 e. The Balaban J connectivity index is 1.89. The van der Waals surface area contributed by atoms with Crippen LogP contribution in [0.4, 0.5) is 5.69 Å². The highest BCUT2D eigenvalue weighted by Gasteiger charge is 2.27. The number of aliphatic carboxylic acids is 1. The molecule has 27 heavy (non-hydrogen) atoms. The Kier molecular flexibility index (Phi) is 5.04. The summed E-state index contributed by atoms with van der Waals surface area (Å²) in [6, 6.07) is 13.7. The van der Waals surface area contributed by atoms with E-state index >= 15 is 0 Å². The van der Waals surface area contributed by atoms with Gasteiger partial charge in [-0.15, -0.1) is 0 Å². The highest BCUT2D eigenvalue weighted by atomic mass is 16.5.